The lowest BCUT2D eigenvalue weighted by atomic mass is 10.0. The number of piperidine rings is 1. The van der Waals surface area contributed by atoms with Crippen LogP contribution in [0.2, 0.25) is 0 Å². The van der Waals surface area contributed by atoms with E-state index in [0.29, 0.717) is 12.1 Å². The van der Waals surface area contributed by atoms with Crippen molar-refractivity contribution >= 4 is 11.8 Å². The van der Waals surface area contributed by atoms with Gasteiger partial charge in [-0.2, -0.15) is 0 Å². The molecule has 42 heavy (non-hydrogen) atoms. The first-order valence-electron chi connectivity index (χ1n) is 15.5. The Morgan fingerprint density at radius 2 is 1.57 bits per heavy atom. The second-order valence-electron chi connectivity index (χ2n) is 11.4. The van der Waals surface area contributed by atoms with Crippen LogP contribution in [0.4, 0.5) is 14.9 Å². The molecule has 1 amide bonds. The van der Waals surface area contributed by atoms with Crippen LogP contribution in [0, 0.1) is 5.82 Å². The van der Waals surface area contributed by atoms with Crippen molar-refractivity contribution in [3.63, 3.8) is 0 Å². The topological polar surface area (TPSA) is 65.0 Å². The van der Waals surface area contributed by atoms with Gasteiger partial charge in [0.15, 0.2) is 11.6 Å². The summed E-state index contributed by atoms with van der Waals surface area (Å²) < 4.78 is 19.3. The van der Waals surface area contributed by atoms with Gasteiger partial charge in [-0.05, 0) is 63.5 Å². The van der Waals surface area contributed by atoms with Crippen LogP contribution in [0.3, 0.4) is 0 Å². The van der Waals surface area contributed by atoms with Gasteiger partial charge in [0.1, 0.15) is 6.10 Å². The van der Waals surface area contributed by atoms with Gasteiger partial charge in [-0.3, -0.25) is 5.32 Å². The first-order chi connectivity index (χ1) is 20.5. The van der Waals surface area contributed by atoms with Gasteiger partial charge in [0, 0.05) is 30.8 Å². The third kappa shape index (κ3) is 10.1. The Morgan fingerprint density at radius 1 is 0.905 bits per heavy atom. The molecule has 6 nitrogen and oxygen atoms in total. The van der Waals surface area contributed by atoms with Gasteiger partial charge in [-0.1, -0.05) is 92.8 Å². The molecule has 0 aliphatic carbocycles. The molecular formula is C35H46FN3O3. The first-order valence-corrected chi connectivity index (χ1v) is 15.5. The maximum atomic E-state index is 13.5. The Morgan fingerprint density at radius 3 is 2.33 bits per heavy atom. The molecule has 2 N–H and O–H groups in total. The molecular weight excluding hydrogens is 529 g/mol. The number of amides is 1. The number of carbonyl (C=O) groups excluding carboxylic acids is 1. The van der Waals surface area contributed by atoms with Gasteiger partial charge in [-0.25, -0.2) is 9.18 Å². The number of phenols is 1. The van der Waals surface area contributed by atoms with E-state index in [1.54, 1.807) is 12.1 Å². The summed E-state index contributed by atoms with van der Waals surface area (Å²) in [7, 11) is 2.01. The number of aromatic hydroxyl groups is 1. The van der Waals surface area contributed by atoms with Crippen molar-refractivity contribution in [1.29, 1.82) is 0 Å². The van der Waals surface area contributed by atoms with Crippen LogP contribution < -0.4 is 5.32 Å². The van der Waals surface area contributed by atoms with E-state index in [1.165, 1.54) is 44.6 Å². The second-order valence-corrected chi connectivity index (χ2v) is 11.4. The SMILES string of the molecule is CN(CCCCCCCCCN1CCC(OC(=O)Nc2ccccc2-c2ccccc2)CC1)Cc1cccc(F)c1O. The van der Waals surface area contributed by atoms with Crippen LogP contribution in [0.25, 0.3) is 11.1 Å². The third-order valence-electron chi connectivity index (χ3n) is 8.08. The van der Waals surface area contributed by atoms with Crippen LogP contribution in [-0.2, 0) is 11.3 Å². The highest BCUT2D eigenvalue weighted by atomic mass is 19.1. The summed E-state index contributed by atoms with van der Waals surface area (Å²) in [6.45, 7) is 4.56. The van der Waals surface area contributed by atoms with Crippen LogP contribution in [0.1, 0.15) is 63.4 Å². The van der Waals surface area contributed by atoms with Gasteiger partial charge in [-0.15, -0.1) is 0 Å². The van der Waals surface area contributed by atoms with Crippen molar-refractivity contribution < 1.29 is 19.0 Å². The molecule has 1 aliphatic rings. The average Bonchev–Trinajstić information content (AvgIpc) is 3.00. The van der Waals surface area contributed by atoms with Gasteiger partial charge < -0.3 is 19.6 Å². The summed E-state index contributed by atoms with van der Waals surface area (Å²) in [4.78, 5) is 17.3. The van der Waals surface area contributed by atoms with Crippen LogP contribution >= 0.6 is 0 Å². The van der Waals surface area contributed by atoms with Gasteiger partial charge in [0.05, 0.1) is 5.69 Å². The molecule has 226 valence electrons. The molecule has 4 rings (SSSR count). The normalized spacial score (nSPS) is 14.3. The van der Waals surface area contributed by atoms with Gasteiger partial charge in [0.2, 0.25) is 0 Å². The summed E-state index contributed by atoms with van der Waals surface area (Å²) in [5.41, 5.74) is 3.45. The van der Waals surface area contributed by atoms with Crippen molar-refractivity contribution in [3.8, 4) is 16.9 Å². The van der Waals surface area contributed by atoms with E-state index in [1.807, 2.05) is 61.6 Å². The predicted octanol–water partition coefficient (Wildman–Crippen LogP) is 8.07. The monoisotopic (exact) mass is 575 g/mol. The number of nitrogens with zero attached hydrogens (tertiary/aromatic N) is 2. The van der Waals surface area contributed by atoms with Crippen molar-refractivity contribution in [2.45, 2.75) is 70.4 Å². The predicted molar refractivity (Wildman–Crippen MR) is 168 cm³/mol. The lowest BCUT2D eigenvalue weighted by Crippen LogP contribution is -2.38. The molecule has 0 bridgehead atoms. The fraction of sp³-hybridized carbons (Fsp3) is 0.457. The summed E-state index contributed by atoms with van der Waals surface area (Å²) >= 11 is 0. The number of unbranched alkanes of at least 4 members (excludes halogenated alkanes) is 6. The summed E-state index contributed by atoms with van der Waals surface area (Å²) in [6, 6.07) is 22.6. The zero-order chi connectivity index (χ0) is 29.6. The molecule has 0 atom stereocenters. The van der Waals surface area contributed by atoms with E-state index in [-0.39, 0.29) is 17.9 Å². The molecule has 1 heterocycles. The van der Waals surface area contributed by atoms with E-state index in [4.69, 9.17) is 4.74 Å². The number of hydrogen-bond donors (Lipinski definition) is 2. The zero-order valence-electron chi connectivity index (χ0n) is 24.9. The summed E-state index contributed by atoms with van der Waals surface area (Å²) in [5, 5.41) is 12.8. The maximum Gasteiger partial charge on any atom is 0.411 e. The highest BCUT2D eigenvalue weighted by Gasteiger charge is 2.22. The number of benzene rings is 3. The Bertz CT molecular complexity index is 1230. The number of ether oxygens (including phenoxy) is 1. The smallest absolute Gasteiger partial charge is 0.411 e. The minimum Gasteiger partial charge on any atom is -0.505 e. The fourth-order valence-corrected chi connectivity index (χ4v) is 5.66. The van der Waals surface area contributed by atoms with Crippen LogP contribution in [0.15, 0.2) is 72.8 Å². The molecule has 7 heteroatoms. The molecule has 3 aromatic rings. The number of hydrogen-bond acceptors (Lipinski definition) is 5. The maximum absolute atomic E-state index is 13.5. The molecule has 3 aromatic carbocycles. The quantitative estimate of drug-likeness (QED) is 0.179. The average molecular weight is 576 g/mol. The Kier molecular flexibility index (Phi) is 12.7. The van der Waals surface area contributed by atoms with E-state index in [0.717, 1.165) is 62.3 Å². The van der Waals surface area contributed by atoms with Crippen molar-refractivity contribution in [3.05, 3.63) is 84.2 Å². The van der Waals surface area contributed by atoms with E-state index in [9.17, 15) is 14.3 Å². The third-order valence-corrected chi connectivity index (χ3v) is 8.08. The molecule has 1 saturated heterocycles. The highest BCUT2D eigenvalue weighted by Crippen LogP contribution is 2.28. The lowest BCUT2D eigenvalue weighted by Gasteiger charge is -2.31. The van der Waals surface area contributed by atoms with Gasteiger partial charge >= 0.3 is 6.09 Å². The highest BCUT2D eigenvalue weighted by molar-refractivity contribution is 5.91. The van der Waals surface area contributed by atoms with Crippen molar-refractivity contribution in [2.75, 3.05) is 38.5 Å². The number of anilines is 1. The molecule has 0 unspecified atom stereocenters. The number of phenolic OH excluding ortho intramolecular Hbond substituents is 1. The minimum absolute atomic E-state index is 0.0382. The first kappa shape index (κ1) is 31.5. The fourth-order valence-electron chi connectivity index (χ4n) is 5.66. The Labute approximate surface area is 250 Å². The Balaban J connectivity index is 1.01. The second kappa shape index (κ2) is 16.9. The van der Waals surface area contributed by atoms with Crippen LogP contribution in [-0.4, -0.2) is 60.3 Å². The minimum atomic E-state index is -0.555. The number of carbonyl (C=O) groups is 1. The number of para-hydroxylation sites is 2. The standard InChI is InChI=1S/C35H46FN3O3/c1-38(27-29-17-14-19-32(36)34(29)40)23-12-5-3-2-4-6-13-24-39-25-21-30(22-26-39)42-35(41)37-33-20-11-10-18-31(33)28-15-8-7-9-16-28/h7-11,14-20,30,40H,2-6,12-13,21-27H2,1H3,(H,37,41). The molecule has 0 saturated carbocycles. The zero-order valence-corrected chi connectivity index (χ0v) is 24.9. The lowest BCUT2D eigenvalue weighted by molar-refractivity contribution is 0.0584. The number of nitrogens with one attached hydrogen (secondary N) is 1. The number of likely N-dealkylation sites (tertiary alicyclic amines) is 1. The van der Waals surface area contributed by atoms with Gasteiger partial charge in [0.25, 0.3) is 0 Å². The molecule has 0 spiro atoms. The van der Waals surface area contributed by atoms with E-state index in [2.05, 4.69) is 15.1 Å². The Hall–Kier alpha value is -3.42. The number of halogens is 1. The number of rotatable bonds is 15. The largest absolute Gasteiger partial charge is 0.505 e. The molecule has 1 aliphatic heterocycles. The summed E-state index contributed by atoms with van der Waals surface area (Å²) in [6.07, 6.45) is 9.85. The van der Waals surface area contributed by atoms with Crippen LogP contribution in [0.5, 0.6) is 5.75 Å². The van der Waals surface area contributed by atoms with Crippen molar-refractivity contribution in [1.82, 2.24) is 9.80 Å². The van der Waals surface area contributed by atoms with E-state index >= 15 is 0 Å². The summed E-state index contributed by atoms with van der Waals surface area (Å²) in [5.74, 6) is -0.785. The molecule has 0 aromatic heterocycles. The molecule has 1 fully saturated rings. The molecule has 0 radical (unpaired) electrons. The van der Waals surface area contributed by atoms with E-state index < -0.39 is 5.82 Å². The van der Waals surface area contributed by atoms with Crippen molar-refractivity contribution in [2.24, 2.45) is 0 Å².